The van der Waals surface area contributed by atoms with Crippen LogP contribution < -0.4 is 0 Å². The highest BCUT2D eigenvalue weighted by Crippen LogP contribution is 2.60. The first-order valence-electron chi connectivity index (χ1n) is 6.71. The fourth-order valence-corrected chi connectivity index (χ4v) is 6.23. The van der Waals surface area contributed by atoms with E-state index in [1.54, 1.807) is 22.7 Å². The van der Waals surface area contributed by atoms with Crippen molar-refractivity contribution in [2.45, 2.75) is 24.9 Å². The lowest BCUT2D eigenvalue weighted by atomic mass is 9.96. The zero-order chi connectivity index (χ0) is 12.7. The van der Waals surface area contributed by atoms with Crippen LogP contribution in [0.3, 0.4) is 0 Å². The van der Waals surface area contributed by atoms with Gasteiger partial charge in [-0.05, 0) is 36.3 Å². The maximum atomic E-state index is 12.6. The van der Waals surface area contributed by atoms with Gasteiger partial charge in [0.1, 0.15) is 0 Å². The molecule has 5 rings (SSSR count). The third-order valence-corrected chi connectivity index (χ3v) is 7.07. The van der Waals surface area contributed by atoms with Crippen molar-refractivity contribution in [2.75, 3.05) is 0 Å². The quantitative estimate of drug-likeness (QED) is 0.578. The number of nitrogens with zero attached hydrogens (tertiary/aromatic N) is 1. The van der Waals surface area contributed by atoms with Crippen molar-refractivity contribution >= 4 is 38.0 Å². The van der Waals surface area contributed by atoms with Crippen molar-refractivity contribution in [2.24, 2.45) is 11.8 Å². The molecule has 1 aliphatic heterocycles. The number of likely N-dealkylation sites (tertiary alicyclic amines) is 1. The Hall–Kier alpha value is -1.13. The number of carbonyl (C=O) groups is 1. The zero-order valence-corrected chi connectivity index (χ0v) is 12.0. The van der Waals surface area contributed by atoms with Gasteiger partial charge in [0, 0.05) is 15.3 Å². The molecule has 4 atom stereocenters. The molecule has 0 spiro atoms. The van der Waals surface area contributed by atoms with Gasteiger partial charge in [0.25, 0.3) is 5.91 Å². The summed E-state index contributed by atoms with van der Waals surface area (Å²) in [6.07, 6.45) is 2.42. The summed E-state index contributed by atoms with van der Waals surface area (Å²) in [5, 5.41) is 2.09. The summed E-state index contributed by atoms with van der Waals surface area (Å²) in [5.41, 5.74) is 1.38. The second kappa shape index (κ2) is 3.30. The summed E-state index contributed by atoms with van der Waals surface area (Å²) in [6.45, 7) is 4.17. The highest BCUT2D eigenvalue weighted by molar-refractivity contribution is 7.27. The van der Waals surface area contributed by atoms with E-state index in [4.69, 9.17) is 0 Å². The van der Waals surface area contributed by atoms with Crippen molar-refractivity contribution in [3.63, 3.8) is 0 Å². The third kappa shape index (κ3) is 1.24. The predicted octanol–water partition coefficient (Wildman–Crippen LogP) is 3.75. The number of hydrogen-bond donors (Lipinski definition) is 0. The van der Waals surface area contributed by atoms with Gasteiger partial charge in [-0.25, -0.2) is 0 Å². The maximum Gasteiger partial charge on any atom is 0.264 e. The van der Waals surface area contributed by atoms with Crippen LogP contribution in [0.25, 0.3) is 9.40 Å². The maximum absolute atomic E-state index is 12.6. The molecule has 19 heavy (non-hydrogen) atoms. The molecule has 2 bridgehead atoms. The van der Waals surface area contributed by atoms with Crippen LogP contribution in [-0.4, -0.2) is 22.9 Å². The molecule has 1 saturated heterocycles. The van der Waals surface area contributed by atoms with E-state index >= 15 is 0 Å². The van der Waals surface area contributed by atoms with Crippen molar-refractivity contribution in [3.8, 4) is 0 Å². The van der Waals surface area contributed by atoms with Crippen molar-refractivity contribution < 1.29 is 4.79 Å². The first-order valence-corrected chi connectivity index (χ1v) is 8.41. The Kier molecular flexibility index (Phi) is 1.85. The molecule has 2 aromatic heterocycles. The van der Waals surface area contributed by atoms with Gasteiger partial charge in [-0.1, -0.05) is 12.2 Å². The lowest BCUT2D eigenvalue weighted by Gasteiger charge is -2.10. The van der Waals surface area contributed by atoms with Crippen molar-refractivity contribution in [3.05, 3.63) is 34.5 Å². The van der Waals surface area contributed by atoms with E-state index in [1.807, 2.05) is 0 Å². The molecule has 0 N–H and O–H groups in total. The SMILES string of the molecule is C=C1C[C@@H]2C[C@H]1[C@@H]1[C@H]2N1C(=O)c1cc2sccc2s1. The lowest BCUT2D eigenvalue weighted by molar-refractivity contribution is 0.0848. The molecule has 3 heterocycles. The Morgan fingerprint density at radius 1 is 1.37 bits per heavy atom. The molecule has 2 nitrogen and oxygen atoms in total. The van der Waals surface area contributed by atoms with E-state index in [0.717, 1.165) is 11.3 Å². The Morgan fingerprint density at radius 3 is 3.05 bits per heavy atom. The number of thiophene rings is 2. The molecule has 1 amide bonds. The second-order valence-electron chi connectivity index (χ2n) is 5.92. The minimum atomic E-state index is 0.257. The Morgan fingerprint density at radius 2 is 2.26 bits per heavy atom. The summed E-state index contributed by atoms with van der Waals surface area (Å²) in [5.74, 6) is 1.56. The van der Waals surface area contributed by atoms with Gasteiger partial charge in [-0.15, -0.1) is 22.7 Å². The average molecular weight is 287 g/mol. The van der Waals surface area contributed by atoms with Gasteiger partial charge in [-0.2, -0.15) is 0 Å². The number of carbonyl (C=O) groups excluding carboxylic acids is 1. The standard InChI is InChI=1S/C15H13NOS2/c1-7-4-8-5-9(7)14-13(8)16(14)15(17)12-6-11-10(19-12)2-3-18-11/h2-3,6,8-9,13-14H,1,4-5H2/t8-,9-,13+,14-,16?/m1/s1. The van der Waals surface area contributed by atoms with Crippen LogP contribution in [0.15, 0.2) is 29.7 Å². The highest BCUT2D eigenvalue weighted by Gasteiger charge is 2.66. The summed E-state index contributed by atoms with van der Waals surface area (Å²) in [7, 11) is 0. The molecule has 3 aliphatic rings. The van der Waals surface area contributed by atoms with Crippen LogP contribution in [0.2, 0.25) is 0 Å². The van der Waals surface area contributed by atoms with Gasteiger partial charge in [-0.3, -0.25) is 4.79 Å². The molecule has 3 fully saturated rings. The molecule has 96 valence electrons. The normalized spacial score (nSPS) is 35.2. The number of hydrogen-bond acceptors (Lipinski definition) is 3. The zero-order valence-electron chi connectivity index (χ0n) is 10.3. The number of amides is 1. The number of fused-ring (bicyclic) bond motifs is 6. The number of rotatable bonds is 1. The third-order valence-electron chi connectivity index (χ3n) is 4.99. The van der Waals surface area contributed by atoms with E-state index in [9.17, 15) is 4.79 Å². The Balaban J connectivity index is 1.48. The molecule has 2 aromatic rings. The van der Waals surface area contributed by atoms with Crippen LogP contribution in [0, 0.1) is 11.8 Å². The smallest absolute Gasteiger partial charge is 0.264 e. The fraction of sp³-hybridized carbons (Fsp3) is 0.400. The molecule has 0 aromatic carbocycles. The van der Waals surface area contributed by atoms with Gasteiger partial charge in [0.05, 0.1) is 17.0 Å². The van der Waals surface area contributed by atoms with Gasteiger partial charge in [0.2, 0.25) is 0 Å². The number of piperidine rings is 1. The van der Waals surface area contributed by atoms with Crippen LogP contribution in [-0.2, 0) is 0 Å². The van der Waals surface area contributed by atoms with Gasteiger partial charge >= 0.3 is 0 Å². The minimum absolute atomic E-state index is 0.257. The fourth-order valence-electron chi connectivity index (χ4n) is 4.18. The molecule has 0 unspecified atom stereocenters. The molecular formula is C15H13NOS2. The molecule has 4 heteroatoms. The first-order chi connectivity index (χ1) is 9.24. The van der Waals surface area contributed by atoms with E-state index in [-0.39, 0.29) is 5.91 Å². The minimum Gasteiger partial charge on any atom is -0.327 e. The van der Waals surface area contributed by atoms with Crippen molar-refractivity contribution in [1.82, 2.24) is 4.90 Å². The summed E-state index contributed by atoms with van der Waals surface area (Å²) in [6, 6.07) is 5.19. The monoisotopic (exact) mass is 287 g/mol. The van der Waals surface area contributed by atoms with E-state index in [1.165, 1.54) is 21.4 Å². The summed E-state index contributed by atoms with van der Waals surface area (Å²) < 4.78 is 2.49. The second-order valence-corrected chi connectivity index (χ2v) is 7.95. The Labute approximate surface area is 119 Å². The van der Waals surface area contributed by atoms with Crippen LogP contribution in [0.5, 0.6) is 0 Å². The molecular weight excluding hydrogens is 274 g/mol. The molecule has 2 aliphatic carbocycles. The predicted molar refractivity (Wildman–Crippen MR) is 78.8 cm³/mol. The average Bonchev–Trinajstić information content (AvgIpc) is 2.80. The summed E-state index contributed by atoms with van der Waals surface area (Å²) >= 11 is 3.36. The topological polar surface area (TPSA) is 20.1 Å². The van der Waals surface area contributed by atoms with E-state index in [0.29, 0.717) is 23.9 Å². The lowest BCUT2D eigenvalue weighted by Crippen LogP contribution is -2.19. The largest absolute Gasteiger partial charge is 0.327 e. The van der Waals surface area contributed by atoms with Crippen LogP contribution in [0.4, 0.5) is 0 Å². The van der Waals surface area contributed by atoms with E-state index < -0.39 is 0 Å². The van der Waals surface area contributed by atoms with E-state index in [2.05, 4.69) is 29.0 Å². The summed E-state index contributed by atoms with van der Waals surface area (Å²) in [4.78, 5) is 15.7. The van der Waals surface area contributed by atoms with Gasteiger partial charge < -0.3 is 4.90 Å². The highest BCUT2D eigenvalue weighted by atomic mass is 32.1. The first kappa shape index (κ1) is 10.6. The Bertz CT molecular complexity index is 699. The molecule has 2 saturated carbocycles. The van der Waals surface area contributed by atoms with Crippen LogP contribution in [0.1, 0.15) is 22.5 Å². The van der Waals surface area contributed by atoms with Crippen molar-refractivity contribution in [1.29, 1.82) is 0 Å². The van der Waals surface area contributed by atoms with Crippen LogP contribution >= 0.6 is 22.7 Å². The van der Waals surface area contributed by atoms with Gasteiger partial charge in [0.15, 0.2) is 0 Å². The molecule has 0 radical (unpaired) electrons.